The predicted octanol–water partition coefficient (Wildman–Crippen LogP) is 0.218. The van der Waals surface area contributed by atoms with Crippen LogP contribution in [0, 0.1) is 0 Å². The molecule has 12 heavy (non-hydrogen) atoms. The molecular weight excluding hydrogens is 172 g/mol. The average molecular weight is 188 g/mol. The van der Waals surface area contributed by atoms with E-state index in [1.165, 1.54) is 18.6 Å². The molecule has 0 aliphatic carbocycles. The zero-order valence-corrected chi connectivity index (χ0v) is 8.25. The molecular formula is C8H16N2OS. The first-order valence-electron chi connectivity index (χ1n) is 4.34. The van der Waals surface area contributed by atoms with Gasteiger partial charge in [-0.3, -0.25) is 4.79 Å². The summed E-state index contributed by atoms with van der Waals surface area (Å²) in [6, 6.07) is 0.543. The first-order chi connectivity index (χ1) is 5.83. The zero-order chi connectivity index (χ0) is 8.81. The first-order valence-corrected chi connectivity index (χ1v) is 5.50. The Bertz CT molecular complexity index is 146. The summed E-state index contributed by atoms with van der Waals surface area (Å²) in [7, 11) is 1.67. The van der Waals surface area contributed by atoms with Gasteiger partial charge in [-0.25, -0.2) is 0 Å². The van der Waals surface area contributed by atoms with E-state index in [9.17, 15) is 4.79 Å². The summed E-state index contributed by atoms with van der Waals surface area (Å²) in [5.41, 5.74) is 0. The number of amides is 1. The molecule has 1 unspecified atom stereocenters. The quantitative estimate of drug-likeness (QED) is 0.665. The monoisotopic (exact) mass is 188 g/mol. The summed E-state index contributed by atoms with van der Waals surface area (Å²) in [4.78, 5) is 10.9. The van der Waals surface area contributed by atoms with E-state index in [4.69, 9.17) is 0 Å². The maximum absolute atomic E-state index is 10.9. The van der Waals surface area contributed by atoms with E-state index in [0.717, 1.165) is 5.75 Å². The van der Waals surface area contributed by atoms with Gasteiger partial charge in [0.1, 0.15) is 0 Å². The van der Waals surface area contributed by atoms with Gasteiger partial charge in [0.25, 0.3) is 0 Å². The van der Waals surface area contributed by atoms with Crippen LogP contribution < -0.4 is 10.6 Å². The van der Waals surface area contributed by atoms with E-state index in [0.29, 0.717) is 12.6 Å². The second kappa shape index (κ2) is 5.43. The fourth-order valence-electron chi connectivity index (χ4n) is 1.23. The van der Waals surface area contributed by atoms with Crippen LogP contribution in [0.25, 0.3) is 0 Å². The van der Waals surface area contributed by atoms with Crippen molar-refractivity contribution < 1.29 is 4.79 Å². The number of thioether (sulfide) groups is 1. The van der Waals surface area contributed by atoms with Crippen molar-refractivity contribution in [2.45, 2.75) is 18.9 Å². The molecule has 0 bridgehead atoms. The van der Waals surface area contributed by atoms with Gasteiger partial charge in [-0.15, -0.1) is 0 Å². The number of carbonyl (C=O) groups is 1. The van der Waals surface area contributed by atoms with E-state index in [-0.39, 0.29) is 5.91 Å². The Kier molecular flexibility index (Phi) is 4.46. The van der Waals surface area contributed by atoms with Gasteiger partial charge in [-0.2, -0.15) is 11.8 Å². The van der Waals surface area contributed by atoms with Crippen LogP contribution in [0.1, 0.15) is 12.8 Å². The molecule has 2 N–H and O–H groups in total. The van der Waals surface area contributed by atoms with Crippen molar-refractivity contribution in [1.82, 2.24) is 10.6 Å². The maximum Gasteiger partial charge on any atom is 0.233 e. The van der Waals surface area contributed by atoms with E-state index in [1.54, 1.807) is 7.05 Å². The Morgan fingerprint density at radius 2 is 2.50 bits per heavy atom. The first kappa shape index (κ1) is 9.86. The van der Waals surface area contributed by atoms with Crippen molar-refractivity contribution in [1.29, 1.82) is 0 Å². The van der Waals surface area contributed by atoms with E-state index >= 15 is 0 Å². The smallest absolute Gasteiger partial charge is 0.233 e. The summed E-state index contributed by atoms with van der Waals surface area (Å²) in [6.07, 6.45) is 2.49. The molecule has 1 rings (SSSR count). The van der Waals surface area contributed by atoms with Crippen molar-refractivity contribution in [2.75, 3.05) is 25.1 Å². The van der Waals surface area contributed by atoms with Crippen molar-refractivity contribution >= 4 is 17.7 Å². The molecule has 1 amide bonds. The van der Waals surface area contributed by atoms with Gasteiger partial charge in [0.2, 0.25) is 5.91 Å². The largest absolute Gasteiger partial charge is 0.358 e. The van der Waals surface area contributed by atoms with Gasteiger partial charge < -0.3 is 10.6 Å². The minimum atomic E-state index is 0.0746. The zero-order valence-electron chi connectivity index (χ0n) is 7.43. The summed E-state index contributed by atoms with van der Waals surface area (Å²) in [6.45, 7) is 0.460. The molecule has 70 valence electrons. The van der Waals surface area contributed by atoms with E-state index in [1.807, 2.05) is 11.8 Å². The Balaban J connectivity index is 2.09. The standard InChI is InChI=1S/C8H16N2OS/c1-9-8(11)5-10-7-3-2-4-12-6-7/h7,10H,2-6H2,1H3,(H,9,11). The Morgan fingerprint density at radius 1 is 1.67 bits per heavy atom. The third-order valence-electron chi connectivity index (χ3n) is 1.99. The molecule has 1 aliphatic rings. The number of hydrogen-bond acceptors (Lipinski definition) is 3. The second-order valence-electron chi connectivity index (χ2n) is 2.97. The highest BCUT2D eigenvalue weighted by atomic mass is 32.2. The van der Waals surface area contributed by atoms with Crippen molar-refractivity contribution in [3.8, 4) is 0 Å². The highest BCUT2D eigenvalue weighted by Crippen LogP contribution is 2.16. The third kappa shape index (κ3) is 3.45. The highest BCUT2D eigenvalue weighted by Gasteiger charge is 2.13. The summed E-state index contributed by atoms with van der Waals surface area (Å²) >= 11 is 1.97. The number of likely N-dealkylation sites (N-methyl/N-ethyl adjacent to an activating group) is 1. The predicted molar refractivity (Wildman–Crippen MR) is 52.4 cm³/mol. The van der Waals surface area contributed by atoms with Gasteiger partial charge in [-0.1, -0.05) is 0 Å². The molecule has 1 saturated heterocycles. The highest BCUT2D eigenvalue weighted by molar-refractivity contribution is 7.99. The van der Waals surface area contributed by atoms with Crippen LogP contribution in [0.3, 0.4) is 0 Å². The van der Waals surface area contributed by atoms with Crippen LogP contribution >= 0.6 is 11.8 Å². The summed E-state index contributed by atoms with van der Waals surface area (Å²) < 4.78 is 0. The molecule has 0 aromatic carbocycles. The molecule has 3 nitrogen and oxygen atoms in total. The van der Waals surface area contributed by atoms with Crippen LogP contribution in [0.15, 0.2) is 0 Å². The Hall–Kier alpha value is -0.220. The fraction of sp³-hybridized carbons (Fsp3) is 0.875. The van der Waals surface area contributed by atoms with Gasteiger partial charge in [0.05, 0.1) is 6.54 Å². The third-order valence-corrected chi connectivity index (χ3v) is 3.21. The lowest BCUT2D eigenvalue weighted by Crippen LogP contribution is -2.40. The average Bonchev–Trinajstić information content (AvgIpc) is 2.16. The molecule has 0 radical (unpaired) electrons. The van der Waals surface area contributed by atoms with Gasteiger partial charge in [0, 0.05) is 18.8 Å². The lowest BCUT2D eigenvalue weighted by Gasteiger charge is -2.21. The Labute approximate surface area is 77.7 Å². The molecule has 0 spiro atoms. The summed E-state index contributed by atoms with van der Waals surface area (Å²) in [5.74, 6) is 2.50. The lowest BCUT2D eigenvalue weighted by molar-refractivity contribution is -0.119. The van der Waals surface area contributed by atoms with Crippen molar-refractivity contribution in [2.24, 2.45) is 0 Å². The second-order valence-corrected chi connectivity index (χ2v) is 4.12. The number of rotatable bonds is 3. The minimum Gasteiger partial charge on any atom is -0.358 e. The number of carbonyl (C=O) groups excluding carboxylic acids is 1. The van der Waals surface area contributed by atoms with Crippen LogP contribution in [-0.2, 0) is 4.79 Å². The SMILES string of the molecule is CNC(=O)CNC1CCCSC1. The molecule has 1 atom stereocenters. The van der Waals surface area contributed by atoms with Crippen LogP contribution in [0.2, 0.25) is 0 Å². The van der Waals surface area contributed by atoms with Gasteiger partial charge in [-0.05, 0) is 18.6 Å². The van der Waals surface area contributed by atoms with Crippen LogP contribution in [0.5, 0.6) is 0 Å². The minimum absolute atomic E-state index is 0.0746. The van der Waals surface area contributed by atoms with E-state index in [2.05, 4.69) is 10.6 Å². The fourth-order valence-corrected chi connectivity index (χ4v) is 2.33. The van der Waals surface area contributed by atoms with Crippen molar-refractivity contribution in [3.63, 3.8) is 0 Å². The molecule has 1 heterocycles. The topological polar surface area (TPSA) is 41.1 Å². The number of nitrogens with one attached hydrogen (secondary N) is 2. The molecule has 1 aliphatic heterocycles. The molecule has 0 aromatic heterocycles. The van der Waals surface area contributed by atoms with E-state index < -0.39 is 0 Å². The Morgan fingerprint density at radius 3 is 3.08 bits per heavy atom. The lowest BCUT2D eigenvalue weighted by atomic mass is 10.2. The number of hydrogen-bond donors (Lipinski definition) is 2. The molecule has 0 aromatic rings. The van der Waals surface area contributed by atoms with Crippen LogP contribution in [0.4, 0.5) is 0 Å². The molecule has 4 heteroatoms. The summed E-state index contributed by atoms with van der Waals surface area (Å²) in [5, 5.41) is 5.84. The van der Waals surface area contributed by atoms with Crippen molar-refractivity contribution in [3.05, 3.63) is 0 Å². The normalized spacial score (nSPS) is 23.6. The van der Waals surface area contributed by atoms with Gasteiger partial charge in [0.15, 0.2) is 0 Å². The molecule has 1 fully saturated rings. The molecule has 0 saturated carbocycles. The maximum atomic E-state index is 10.9. The van der Waals surface area contributed by atoms with Crippen LogP contribution in [-0.4, -0.2) is 37.0 Å². The van der Waals surface area contributed by atoms with Gasteiger partial charge >= 0.3 is 0 Å².